The van der Waals surface area contributed by atoms with Crippen LogP contribution in [0.25, 0.3) is 0 Å². The summed E-state index contributed by atoms with van der Waals surface area (Å²) in [6.45, 7) is 6.95. The Bertz CT molecular complexity index is 437. The number of ether oxygens (including phenoxy) is 3. The third-order valence-corrected chi connectivity index (χ3v) is 3.57. The van der Waals surface area contributed by atoms with Crippen molar-refractivity contribution in [1.29, 1.82) is 0 Å². The summed E-state index contributed by atoms with van der Waals surface area (Å²) >= 11 is 0. The fraction of sp³-hybridized carbons (Fsp3) is 0.667. The van der Waals surface area contributed by atoms with Crippen LogP contribution in [0.2, 0.25) is 0 Å². The highest BCUT2D eigenvalue weighted by atomic mass is 35.5. The Kier molecular flexibility index (Phi) is 10.1. The largest absolute Gasteiger partial charge is 0.491 e. The van der Waals surface area contributed by atoms with Crippen LogP contribution in [0.15, 0.2) is 24.3 Å². The molecule has 2 rings (SSSR count). The zero-order valence-electron chi connectivity index (χ0n) is 14.6. The smallest absolute Gasteiger partial charge is 0.119 e. The van der Waals surface area contributed by atoms with Gasteiger partial charge in [-0.3, -0.25) is 0 Å². The second kappa shape index (κ2) is 11.5. The summed E-state index contributed by atoms with van der Waals surface area (Å²) in [5.41, 5.74) is 0. The van der Waals surface area contributed by atoms with Gasteiger partial charge < -0.3 is 24.6 Å². The van der Waals surface area contributed by atoms with Crippen molar-refractivity contribution >= 4 is 12.4 Å². The highest BCUT2D eigenvalue weighted by molar-refractivity contribution is 5.85. The summed E-state index contributed by atoms with van der Waals surface area (Å²) < 4.78 is 16.7. The standard InChI is InChI=1S/C18H29NO4.ClH/c1-14(2)19-11-16(20)13-23-18-7-5-17(6-8-18)22-10-9-21-12-15-3-4-15;/h5-8,14-16,19-20H,3-4,9-13H2,1-2H3;1H/t16-;/m1./s1. The summed E-state index contributed by atoms with van der Waals surface area (Å²) in [5.74, 6) is 2.32. The van der Waals surface area contributed by atoms with Crippen molar-refractivity contribution < 1.29 is 19.3 Å². The van der Waals surface area contributed by atoms with Crippen LogP contribution in [0.1, 0.15) is 26.7 Å². The molecule has 1 fully saturated rings. The molecule has 1 aliphatic rings. The molecule has 1 aromatic rings. The van der Waals surface area contributed by atoms with Gasteiger partial charge in [0.05, 0.1) is 6.61 Å². The molecule has 1 aromatic carbocycles. The van der Waals surface area contributed by atoms with E-state index in [1.807, 2.05) is 38.1 Å². The van der Waals surface area contributed by atoms with Gasteiger partial charge >= 0.3 is 0 Å². The zero-order valence-corrected chi connectivity index (χ0v) is 15.4. The average Bonchev–Trinajstić information content (AvgIpc) is 3.36. The molecule has 1 saturated carbocycles. The van der Waals surface area contributed by atoms with Crippen LogP contribution in [0.3, 0.4) is 0 Å². The van der Waals surface area contributed by atoms with E-state index in [-0.39, 0.29) is 19.0 Å². The summed E-state index contributed by atoms with van der Waals surface area (Å²) in [7, 11) is 0. The van der Waals surface area contributed by atoms with Crippen LogP contribution in [0.4, 0.5) is 0 Å². The molecule has 0 radical (unpaired) electrons. The molecular weight excluding hydrogens is 330 g/mol. The van der Waals surface area contributed by atoms with Crippen LogP contribution in [-0.2, 0) is 4.74 Å². The molecule has 0 spiro atoms. The normalized spacial score (nSPS) is 15.0. The quantitative estimate of drug-likeness (QED) is 0.562. The lowest BCUT2D eigenvalue weighted by molar-refractivity contribution is 0.0925. The fourth-order valence-corrected chi connectivity index (χ4v) is 2.01. The fourth-order valence-electron chi connectivity index (χ4n) is 2.01. The minimum Gasteiger partial charge on any atom is -0.491 e. The van der Waals surface area contributed by atoms with Crippen molar-refractivity contribution in [3.05, 3.63) is 24.3 Å². The first-order chi connectivity index (χ1) is 11.1. The molecule has 6 heteroatoms. The summed E-state index contributed by atoms with van der Waals surface area (Å²) in [4.78, 5) is 0. The van der Waals surface area contributed by atoms with Crippen molar-refractivity contribution in [2.45, 2.75) is 38.8 Å². The summed E-state index contributed by atoms with van der Waals surface area (Å²) in [6, 6.07) is 7.80. The van der Waals surface area contributed by atoms with Gasteiger partial charge in [0, 0.05) is 19.2 Å². The Morgan fingerprint density at radius 1 is 1.08 bits per heavy atom. The first-order valence-electron chi connectivity index (χ1n) is 8.48. The minimum absolute atomic E-state index is 0. The first kappa shape index (κ1) is 21.0. The van der Waals surface area contributed by atoms with Gasteiger partial charge in [0.15, 0.2) is 0 Å². The SMILES string of the molecule is CC(C)NC[C@@H](O)COc1ccc(OCCOCC2CC2)cc1.Cl. The van der Waals surface area contributed by atoms with Gasteiger partial charge in [-0.05, 0) is 43.0 Å². The van der Waals surface area contributed by atoms with E-state index in [2.05, 4.69) is 5.32 Å². The van der Waals surface area contributed by atoms with E-state index in [1.54, 1.807) is 0 Å². The number of hydrogen-bond donors (Lipinski definition) is 2. The number of aliphatic hydroxyl groups excluding tert-OH is 1. The number of rotatable bonds is 12. The number of hydrogen-bond acceptors (Lipinski definition) is 5. The topological polar surface area (TPSA) is 60.0 Å². The molecule has 0 aromatic heterocycles. The van der Waals surface area contributed by atoms with Crippen LogP contribution in [0, 0.1) is 5.92 Å². The van der Waals surface area contributed by atoms with Gasteiger partial charge in [-0.2, -0.15) is 0 Å². The van der Waals surface area contributed by atoms with Crippen molar-refractivity contribution in [2.75, 3.05) is 33.0 Å². The molecule has 0 amide bonds. The summed E-state index contributed by atoms with van der Waals surface area (Å²) in [5, 5.41) is 13.0. The third-order valence-electron chi connectivity index (χ3n) is 3.57. The molecule has 0 heterocycles. The molecule has 0 bridgehead atoms. The minimum atomic E-state index is -0.517. The van der Waals surface area contributed by atoms with Gasteiger partial charge in [0.25, 0.3) is 0 Å². The van der Waals surface area contributed by atoms with Crippen LogP contribution in [-0.4, -0.2) is 50.2 Å². The van der Waals surface area contributed by atoms with Crippen molar-refractivity contribution in [2.24, 2.45) is 5.92 Å². The number of aliphatic hydroxyl groups is 1. The van der Waals surface area contributed by atoms with E-state index in [0.717, 1.165) is 24.0 Å². The molecule has 5 nitrogen and oxygen atoms in total. The second-order valence-corrected chi connectivity index (χ2v) is 6.37. The van der Waals surface area contributed by atoms with E-state index in [1.165, 1.54) is 12.8 Å². The van der Waals surface area contributed by atoms with E-state index in [4.69, 9.17) is 14.2 Å². The molecule has 1 aliphatic carbocycles. The van der Waals surface area contributed by atoms with Gasteiger partial charge in [0.2, 0.25) is 0 Å². The maximum absolute atomic E-state index is 9.80. The zero-order chi connectivity index (χ0) is 16.5. The highest BCUT2D eigenvalue weighted by Gasteiger charge is 2.20. The van der Waals surface area contributed by atoms with E-state index in [0.29, 0.717) is 25.8 Å². The number of halogens is 1. The van der Waals surface area contributed by atoms with E-state index >= 15 is 0 Å². The maximum atomic E-state index is 9.80. The number of benzene rings is 1. The van der Waals surface area contributed by atoms with E-state index < -0.39 is 6.10 Å². The van der Waals surface area contributed by atoms with E-state index in [9.17, 15) is 5.11 Å². The average molecular weight is 360 g/mol. The molecular formula is C18H30ClNO4. The Balaban J connectivity index is 0.00000288. The molecule has 0 saturated heterocycles. The lowest BCUT2D eigenvalue weighted by Crippen LogP contribution is -2.35. The Hall–Kier alpha value is -1.01. The van der Waals surface area contributed by atoms with Crippen LogP contribution < -0.4 is 14.8 Å². The van der Waals surface area contributed by atoms with Gasteiger partial charge in [0.1, 0.15) is 30.8 Å². The molecule has 2 N–H and O–H groups in total. The van der Waals surface area contributed by atoms with Crippen molar-refractivity contribution in [3.8, 4) is 11.5 Å². The molecule has 138 valence electrons. The molecule has 0 aliphatic heterocycles. The monoisotopic (exact) mass is 359 g/mol. The van der Waals surface area contributed by atoms with Gasteiger partial charge in [-0.15, -0.1) is 12.4 Å². The third kappa shape index (κ3) is 9.33. The van der Waals surface area contributed by atoms with Crippen LogP contribution >= 0.6 is 12.4 Å². The Morgan fingerprint density at radius 2 is 1.71 bits per heavy atom. The highest BCUT2D eigenvalue weighted by Crippen LogP contribution is 2.28. The van der Waals surface area contributed by atoms with Crippen LogP contribution in [0.5, 0.6) is 11.5 Å². The second-order valence-electron chi connectivity index (χ2n) is 6.37. The van der Waals surface area contributed by atoms with Gasteiger partial charge in [-0.1, -0.05) is 13.8 Å². The molecule has 0 unspecified atom stereocenters. The lowest BCUT2D eigenvalue weighted by atomic mass is 10.3. The van der Waals surface area contributed by atoms with Gasteiger partial charge in [-0.25, -0.2) is 0 Å². The number of nitrogens with one attached hydrogen (secondary N) is 1. The predicted molar refractivity (Wildman–Crippen MR) is 97.4 cm³/mol. The maximum Gasteiger partial charge on any atom is 0.119 e. The summed E-state index contributed by atoms with van der Waals surface area (Å²) in [6.07, 6.45) is 2.10. The van der Waals surface area contributed by atoms with Crippen molar-refractivity contribution in [3.63, 3.8) is 0 Å². The molecule has 1 atom stereocenters. The van der Waals surface area contributed by atoms with Crippen molar-refractivity contribution in [1.82, 2.24) is 5.32 Å². The Labute approximate surface area is 151 Å². The predicted octanol–water partition coefficient (Wildman–Crippen LogP) is 2.65. The lowest BCUT2D eigenvalue weighted by Gasteiger charge is -2.15. The molecule has 24 heavy (non-hydrogen) atoms. The first-order valence-corrected chi connectivity index (χ1v) is 8.48. The Morgan fingerprint density at radius 3 is 2.29 bits per heavy atom.